The Bertz CT molecular complexity index is 911. The lowest BCUT2D eigenvalue weighted by Gasteiger charge is -2.13. The molecule has 0 saturated carbocycles. The number of phenolic OH excluding ortho intramolecular Hbond substituents is 2. The molecule has 0 unspecified atom stereocenters. The molecule has 1 aromatic heterocycles. The maximum Gasteiger partial charge on any atom is 0.230 e. The van der Waals surface area contributed by atoms with E-state index in [0.717, 1.165) is 17.8 Å². The predicted molar refractivity (Wildman–Crippen MR) is 91.6 cm³/mol. The van der Waals surface area contributed by atoms with E-state index in [1.165, 1.54) is 19.2 Å². The van der Waals surface area contributed by atoms with Crippen molar-refractivity contribution in [3.05, 3.63) is 29.3 Å². The minimum atomic E-state index is -0.268. The average Bonchev–Trinajstić information content (AvgIpc) is 2.57. The highest BCUT2D eigenvalue weighted by Crippen LogP contribution is 2.38. The molecular formula is C16H13N5O3S. The Hall–Kier alpha value is -3.43. The van der Waals surface area contributed by atoms with Gasteiger partial charge in [0.25, 0.3) is 0 Å². The standard InChI is InChI=1S/C16H13N5O3S/c1-20-13(24)7-25-16-12(6-18)14(11(5-17)15(19)21-16)8-2-9(22)4-10(23)3-8/h2-4,22-23H,7H2,1H3,(H2,19,21)(H,20,24). The lowest BCUT2D eigenvalue weighted by atomic mass is 9.96. The van der Waals surface area contributed by atoms with Crippen molar-refractivity contribution in [1.82, 2.24) is 10.3 Å². The number of aromatic nitrogens is 1. The van der Waals surface area contributed by atoms with Gasteiger partial charge in [0, 0.05) is 18.7 Å². The first-order chi connectivity index (χ1) is 11.9. The highest BCUT2D eigenvalue weighted by Gasteiger charge is 2.21. The number of nitrogens with one attached hydrogen (secondary N) is 1. The van der Waals surface area contributed by atoms with E-state index in [0.29, 0.717) is 0 Å². The fourth-order valence-electron chi connectivity index (χ4n) is 2.14. The molecule has 2 rings (SSSR count). The SMILES string of the molecule is CNC(=O)CSc1nc(N)c(C#N)c(-c2cc(O)cc(O)c2)c1C#N. The van der Waals surface area contributed by atoms with Crippen LogP contribution >= 0.6 is 11.8 Å². The second-order valence-electron chi connectivity index (χ2n) is 4.85. The third-order valence-corrected chi connectivity index (χ3v) is 4.20. The lowest BCUT2D eigenvalue weighted by molar-refractivity contribution is -0.118. The van der Waals surface area contributed by atoms with Gasteiger partial charge in [-0.05, 0) is 17.7 Å². The number of nitriles is 2. The van der Waals surface area contributed by atoms with E-state index in [4.69, 9.17) is 5.73 Å². The highest BCUT2D eigenvalue weighted by atomic mass is 32.2. The minimum absolute atomic E-state index is 0.00818. The van der Waals surface area contributed by atoms with Gasteiger partial charge in [0.1, 0.15) is 40.0 Å². The summed E-state index contributed by atoms with van der Waals surface area (Å²) in [5.74, 6) is -0.849. The topological polar surface area (TPSA) is 156 Å². The van der Waals surface area contributed by atoms with Gasteiger partial charge in [-0.2, -0.15) is 10.5 Å². The van der Waals surface area contributed by atoms with Crippen molar-refractivity contribution >= 4 is 23.5 Å². The van der Waals surface area contributed by atoms with Crippen molar-refractivity contribution in [1.29, 1.82) is 10.5 Å². The fourth-order valence-corrected chi connectivity index (χ4v) is 3.00. The van der Waals surface area contributed by atoms with E-state index in [1.54, 1.807) is 0 Å². The molecule has 0 bridgehead atoms. The van der Waals surface area contributed by atoms with Gasteiger partial charge in [-0.1, -0.05) is 11.8 Å². The number of pyridine rings is 1. The molecule has 0 radical (unpaired) electrons. The van der Waals surface area contributed by atoms with Gasteiger partial charge >= 0.3 is 0 Å². The number of nitrogens with two attached hydrogens (primary N) is 1. The number of carbonyl (C=O) groups excluding carboxylic acids is 1. The highest BCUT2D eigenvalue weighted by molar-refractivity contribution is 8.00. The molecule has 0 saturated heterocycles. The molecule has 0 atom stereocenters. The van der Waals surface area contributed by atoms with Gasteiger partial charge in [0.2, 0.25) is 5.91 Å². The Kier molecular flexibility index (Phi) is 5.32. The number of aromatic hydroxyl groups is 2. The Labute approximate surface area is 147 Å². The monoisotopic (exact) mass is 355 g/mol. The summed E-state index contributed by atoms with van der Waals surface area (Å²) in [7, 11) is 1.48. The van der Waals surface area contributed by atoms with Crippen molar-refractivity contribution in [2.24, 2.45) is 0 Å². The van der Waals surface area contributed by atoms with E-state index >= 15 is 0 Å². The van der Waals surface area contributed by atoms with Crippen LogP contribution in [0.3, 0.4) is 0 Å². The van der Waals surface area contributed by atoms with Gasteiger partial charge in [-0.25, -0.2) is 4.98 Å². The van der Waals surface area contributed by atoms with Crippen LogP contribution in [-0.4, -0.2) is 33.9 Å². The lowest BCUT2D eigenvalue weighted by Crippen LogP contribution is -2.20. The van der Waals surface area contributed by atoms with Gasteiger partial charge in [-0.3, -0.25) is 4.79 Å². The van der Waals surface area contributed by atoms with Crippen molar-refractivity contribution in [2.75, 3.05) is 18.5 Å². The number of benzene rings is 1. The molecular weight excluding hydrogens is 342 g/mol. The van der Waals surface area contributed by atoms with Crippen LogP contribution in [0.25, 0.3) is 11.1 Å². The molecule has 2 aromatic rings. The Morgan fingerprint density at radius 2 is 1.84 bits per heavy atom. The number of hydrogen-bond donors (Lipinski definition) is 4. The average molecular weight is 355 g/mol. The number of nitrogens with zero attached hydrogens (tertiary/aromatic N) is 3. The summed E-state index contributed by atoms with van der Waals surface area (Å²) in [6, 6.07) is 7.56. The van der Waals surface area contributed by atoms with Gasteiger partial charge in [-0.15, -0.1) is 0 Å². The van der Waals surface area contributed by atoms with Crippen LogP contribution in [0.2, 0.25) is 0 Å². The maximum absolute atomic E-state index is 11.4. The number of anilines is 1. The number of hydrogen-bond acceptors (Lipinski definition) is 8. The summed E-state index contributed by atoms with van der Waals surface area (Å²) >= 11 is 0.995. The minimum Gasteiger partial charge on any atom is -0.508 e. The van der Waals surface area contributed by atoms with Gasteiger partial charge in [0.15, 0.2) is 0 Å². The number of carbonyl (C=O) groups is 1. The summed E-state index contributed by atoms with van der Waals surface area (Å²) in [5.41, 5.74) is 6.19. The summed E-state index contributed by atoms with van der Waals surface area (Å²) in [5, 5.41) is 41.0. The van der Waals surface area contributed by atoms with Crippen LogP contribution < -0.4 is 11.1 Å². The molecule has 0 spiro atoms. The van der Waals surface area contributed by atoms with Crippen molar-refractivity contribution in [3.8, 4) is 34.8 Å². The Balaban J connectivity index is 2.72. The first kappa shape index (κ1) is 17.9. The summed E-state index contributed by atoms with van der Waals surface area (Å²) < 4.78 is 0. The third kappa shape index (κ3) is 3.74. The van der Waals surface area contributed by atoms with Crippen molar-refractivity contribution in [2.45, 2.75) is 5.03 Å². The van der Waals surface area contributed by atoms with Crippen molar-refractivity contribution in [3.63, 3.8) is 0 Å². The molecule has 1 aromatic carbocycles. The van der Waals surface area contributed by atoms with Gasteiger partial charge < -0.3 is 21.3 Å². The smallest absolute Gasteiger partial charge is 0.230 e. The molecule has 0 aliphatic heterocycles. The normalized spacial score (nSPS) is 9.88. The van der Waals surface area contributed by atoms with Crippen LogP contribution in [0.4, 0.5) is 5.82 Å². The third-order valence-electron chi connectivity index (χ3n) is 3.23. The molecule has 5 N–H and O–H groups in total. The van der Waals surface area contributed by atoms with Crippen molar-refractivity contribution < 1.29 is 15.0 Å². The second kappa shape index (κ2) is 7.43. The van der Waals surface area contributed by atoms with E-state index in [1.807, 2.05) is 12.1 Å². The molecule has 25 heavy (non-hydrogen) atoms. The quantitative estimate of drug-likeness (QED) is 0.598. The van der Waals surface area contributed by atoms with Crippen LogP contribution in [0, 0.1) is 22.7 Å². The predicted octanol–water partition coefficient (Wildman–Crippen LogP) is 1.32. The van der Waals surface area contributed by atoms with Crippen LogP contribution in [-0.2, 0) is 4.79 Å². The second-order valence-corrected chi connectivity index (χ2v) is 5.81. The van der Waals surface area contributed by atoms with E-state index in [-0.39, 0.29) is 56.3 Å². The van der Waals surface area contributed by atoms with E-state index in [2.05, 4.69) is 10.3 Å². The molecule has 8 nitrogen and oxygen atoms in total. The maximum atomic E-state index is 11.4. The zero-order chi connectivity index (χ0) is 18.6. The largest absolute Gasteiger partial charge is 0.508 e. The summed E-state index contributed by atoms with van der Waals surface area (Å²) in [4.78, 5) is 15.5. The first-order valence-electron chi connectivity index (χ1n) is 6.91. The zero-order valence-electron chi connectivity index (χ0n) is 13.1. The van der Waals surface area contributed by atoms with E-state index < -0.39 is 0 Å². The van der Waals surface area contributed by atoms with E-state index in [9.17, 15) is 25.5 Å². The molecule has 0 aliphatic rings. The Morgan fingerprint density at radius 1 is 1.24 bits per heavy atom. The first-order valence-corrected chi connectivity index (χ1v) is 7.90. The molecule has 1 heterocycles. The number of thioether (sulfide) groups is 1. The number of nitrogen functional groups attached to an aromatic ring is 1. The summed E-state index contributed by atoms with van der Waals surface area (Å²) in [6.07, 6.45) is 0. The van der Waals surface area contributed by atoms with Crippen LogP contribution in [0.1, 0.15) is 11.1 Å². The number of phenols is 2. The molecule has 0 aliphatic carbocycles. The number of amides is 1. The fraction of sp³-hybridized carbons (Fsp3) is 0.125. The molecule has 0 fully saturated rings. The number of rotatable bonds is 4. The molecule has 1 amide bonds. The van der Waals surface area contributed by atoms with Crippen LogP contribution in [0.5, 0.6) is 11.5 Å². The zero-order valence-corrected chi connectivity index (χ0v) is 13.9. The van der Waals surface area contributed by atoms with Gasteiger partial charge in [0.05, 0.1) is 11.3 Å². The van der Waals surface area contributed by atoms with Crippen LogP contribution in [0.15, 0.2) is 23.2 Å². The summed E-state index contributed by atoms with van der Waals surface area (Å²) in [6.45, 7) is 0. The Morgan fingerprint density at radius 3 is 2.36 bits per heavy atom. The molecule has 126 valence electrons. The molecule has 9 heteroatoms.